The molecule has 3 aromatic carbocycles. The Morgan fingerprint density at radius 1 is 1.00 bits per heavy atom. The molecule has 4 rings (SSSR count). The van der Waals surface area contributed by atoms with Gasteiger partial charge >= 0.3 is 0 Å². The number of nitrogens with zero attached hydrogens (tertiary/aromatic N) is 3. The van der Waals surface area contributed by atoms with Crippen LogP contribution in [-0.4, -0.2) is 71.6 Å². The second-order valence-corrected chi connectivity index (χ2v) is 11.6. The van der Waals surface area contributed by atoms with Crippen LogP contribution >= 0.6 is 0 Å². The van der Waals surface area contributed by atoms with E-state index in [2.05, 4.69) is 34.1 Å². The monoisotopic (exact) mass is 495 g/mol. The summed E-state index contributed by atoms with van der Waals surface area (Å²) in [4.78, 5) is 4.90. The molecule has 0 amide bonds. The molecule has 0 aliphatic carbocycles. The maximum atomic E-state index is 13.7. The van der Waals surface area contributed by atoms with Crippen LogP contribution < -0.4 is 4.90 Å². The lowest BCUT2D eigenvalue weighted by molar-refractivity contribution is 0.135. The lowest BCUT2D eigenvalue weighted by Crippen LogP contribution is -2.43. The molecular formula is C28H37N3O3S. The highest BCUT2D eigenvalue weighted by Crippen LogP contribution is 2.26. The summed E-state index contributed by atoms with van der Waals surface area (Å²) in [6.07, 6.45) is 2.11. The number of benzene rings is 3. The Labute approximate surface area is 210 Å². The summed E-state index contributed by atoms with van der Waals surface area (Å²) in [5.74, 6) is 0.289. The van der Waals surface area contributed by atoms with Crippen molar-refractivity contribution < 1.29 is 13.2 Å². The molecule has 0 spiro atoms. The van der Waals surface area contributed by atoms with Gasteiger partial charge in [0.25, 0.3) is 0 Å². The summed E-state index contributed by atoms with van der Waals surface area (Å²) in [7, 11) is 2.09. The maximum absolute atomic E-state index is 13.7. The van der Waals surface area contributed by atoms with E-state index in [0.29, 0.717) is 24.6 Å². The third kappa shape index (κ3) is 6.41. The Kier molecular flexibility index (Phi) is 8.44. The van der Waals surface area contributed by atoms with Gasteiger partial charge in [-0.3, -0.25) is 4.90 Å². The second-order valence-electron chi connectivity index (χ2n) is 9.67. The van der Waals surface area contributed by atoms with Crippen molar-refractivity contribution in [3.8, 4) is 0 Å². The van der Waals surface area contributed by atoms with Gasteiger partial charge < -0.3 is 9.64 Å². The highest BCUT2D eigenvalue weighted by molar-refractivity contribution is 7.89. The van der Waals surface area contributed by atoms with Crippen molar-refractivity contribution in [1.29, 1.82) is 0 Å². The van der Waals surface area contributed by atoms with E-state index < -0.39 is 10.0 Å². The fourth-order valence-corrected chi connectivity index (χ4v) is 6.41. The summed E-state index contributed by atoms with van der Waals surface area (Å²) in [6, 6.07) is 21.9. The zero-order valence-corrected chi connectivity index (χ0v) is 21.9. The molecule has 0 aromatic heterocycles. The molecule has 6 nitrogen and oxygen atoms in total. The van der Waals surface area contributed by atoms with E-state index in [9.17, 15) is 8.42 Å². The van der Waals surface area contributed by atoms with E-state index in [4.69, 9.17) is 4.74 Å². The van der Waals surface area contributed by atoms with E-state index in [1.807, 2.05) is 44.4 Å². The minimum absolute atomic E-state index is 0.289. The van der Waals surface area contributed by atoms with E-state index in [1.165, 1.54) is 11.3 Å². The zero-order chi connectivity index (χ0) is 24.8. The zero-order valence-electron chi connectivity index (χ0n) is 21.1. The number of hydrogen-bond acceptors (Lipinski definition) is 5. The van der Waals surface area contributed by atoms with Crippen LogP contribution in [0.5, 0.6) is 0 Å². The Morgan fingerprint density at radius 2 is 1.74 bits per heavy atom. The van der Waals surface area contributed by atoms with Crippen LogP contribution in [0.3, 0.4) is 0 Å². The van der Waals surface area contributed by atoms with Crippen LogP contribution in [0.15, 0.2) is 71.6 Å². The largest absolute Gasteiger partial charge is 0.383 e. The van der Waals surface area contributed by atoms with Gasteiger partial charge in [0.05, 0.1) is 11.5 Å². The number of hydrogen-bond donors (Lipinski definition) is 0. The summed E-state index contributed by atoms with van der Waals surface area (Å²) in [5.41, 5.74) is 2.48. The van der Waals surface area contributed by atoms with Crippen LogP contribution in [0.1, 0.15) is 18.4 Å². The molecule has 35 heavy (non-hydrogen) atoms. The molecule has 1 fully saturated rings. The Bertz CT molecular complexity index is 1210. The first-order valence-corrected chi connectivity index (χ1v) is 13.8. The van der Waals surface area contributed by atoms with E-state index in [0.717, 1.165) is 43.2 Å². The van der Waals surface area contributed by atoms with Crippen LogP contribution in [0.2, 0.25) is 0 Å². The van der Waals surface area contributed by atoms with Crippen LogP contribution in [-0.2, 0) is 21.3 Å². The second kappa shape index (κ2) is 11.5. The molecule has 0 N–H and O–H groups in total. The first-order chi connectivity index (χ1) is 16.9. The van der Waals surface area contributed by atoms with Crippen molar-refractivity contribution >= 4 is 26.5 Å². The molecule has 1 heterocycles. The lowest BCUT2D eigenvalue weighted by Gasteiger charge is -2.35. The minimum Gasteiger partial charge on any atom is -0.383 e. The maximum Gasteiger partial charge on any atom is 0.243 e. The van der Waals surface area contributed by atoms with Gasteiger partial charge in [-0.1, -0.05) is 42.5 Å². The first-order valence-electron chi connectivity index (χ1n) is 12.3. The van der Waals surface area contributed by atoms with Gasteiger partial charge in [0, 0.05) is 53.1 Å². The van der Waals surface area contributed by atoms with Gasteiger partial charge in [0.15, 0.2) is 0 Å². The molecule has 1 atom stereocenters. The minimum atomic E-state index is -3.62. The Morgan fingerprint density at radius 3 is 2.46 bits per heavy atom. The molecular weight excluding hydrogens is 458 g/mol. The van der Waals surface area contributed by atoms with Crippen LogP contribution in [0.4, 0.5) is 5.69 Å². The SMILES string of the molecule is COCCN(CC1CCCN(Cc2ccc(N(C)C)cc2)C1)S(=O)(=O)c1ccc2ccccc2c1. The van der Waals surface area contributed by atoms with Gasteiger partial charge in [-0.2, -0.15) is 4.31 Å². The summed E-state index contributed by atoms with van der Waals surface area (Å²) >= 11 is 0. The van der Waals surface area contributed by atoms with Gasteiger partial charge in [-0.15, -0.1) is 0 Å². The molecule has 7 heteroatoms. The molecule has 1 aliphatic rings. The normalized spacial score (nSPS) is 17.2. The van der Waals surface area contributed by atoms with Crippen molar-refractivity contribution in [2.24, 2.45) is 5.92 Å². The highest BCUT2D eigenvalue weighted by atomic mass is 32.2. The van der Waals surface area contributed by atoms with E-state index in [1.54, 1.807) is 23.5 Å². The lowest BCUT2D eigenvalue weighted by atomic mass is 9.97. The molecule has 1 unspecified atom stereocenters. The fourth-order valence-electron chi connectivity index (χ4n) is 4.87. The number of piperidine rings is 1. The van der Waals surface area contributed by atoms with E-state index in [-0.39, 0.29) is 5.92 Å². The van der Waals surface area contributed by atoms with Crippen molar-refractivity contribution in [2.45, 2.75) is 24.3 Å². The summed E-state index contributed by atoms with van der Waals surface area (Å²) in [5, 5.41) is 1.97. The highest BCUT2D eigenvalue weighted by Gasteiger charge is 2.29. The fraction of sp³-hybridized carbons (Fsp3) is 0.429. The van der Waals surface area contributed by atoms with Crippen molar-refractivity contribution in [3.05, 3.63) is 72.3 Å². The quantitative estimate of drug-likeness (QED) is 0.416. The molecule has 3 aromatic rings. The van der Waals surface area contributed by atoms with Gasteiger partial charge in [-0.05, 0) is 65.9 Å². The number of likely N-dealkylation sites (tertiary alicyclic amines) is 1. The van der Waals surface area contributed by atoms with Crippen LogP contribution in [0, 0.1) is 5.92 Å². The third-order valence-electron chi connectivity index (χ3n) is 6.83. The predicted octanol–water partition coefficient (Wildman–Crippen LogP) is 4.46. The Hall–Kier alpha value is -2.45. The number of methoxy groups -OCH3 is 1. The summed E-state index contributed by atoms with van der Waals surface area (Å²) < 4.78 is 34.2. The van der Waals surface area contributed by atoms with Gasteiger partial charge in [0.2, 0.25) is 10.0 Å². The van der Waals surface area contributed by atoms with Crippen molar-refractivity contribution in [1.82, 2.24) is 9.21 Å². The molecule has 188 valence electrons. The molecule has 1 aliphatic heterocycles. The number of anilines is 1. The molecule has 0 bridgehead atoms. The molecule has 0 saturated carbocycles. The number of rotatable bonds is 10. The average molecular weight is 496 g/mol. The molecule has 1 saturated heterocycles. The number of sulfonamides is 1. The number of ether oxygens (including phenoxy) is 1. The number of fused-ring (bicyclic) bond motifs is 1. The average Bonchev–Trinajstić information content (AvgIpc) is 2.86. The first kappa shape index (κ1) is 25.6. The summed E-state index contributed by atoms with van der Waals surface area (Å²) in [6.45, 7) is 4.07. The topological polar surface area (TPSA) is 53.1 Å². The van der Waals surface area contributed by atoms with Crippen molar-refractivity contribution in [2.75, 3.05) is 58.9 Å². The Balaban J connectivity index is 1.47. The molecule has 0 radical (unpaired) electrons. The smallest absolute Gasteiger partial charge is 0.243 e. The van der Waals surface area contributed by atoms with E-state index >= 15 is 0 Å². The van der Waals surface area contributed by atoms with Gasteiger partial charge in [-0.25, -0.2) is 8.42 Å². The standard InChI is InChI=1S/C28H37N3O3S/c1-29(2)27-13-10-23(11-14-27)20-30-16-6-7-24(21-30)22-31(17-18-34-3)35(32,33)28-15-12-25-8-4-5-9-26(25)19-28/h4-5,8-15,19,24H,6-7,16-18,20-22H2,1-3H3. The van der Waals surface area contributed by atoms with Crippen LogP contribution in [0.25, 0.3) is 10.8 Å². The van der Waals surface area contributed by atoms with Gasteiger partial charge in [0.1, 0.15) is 0 Å². The predicted molar refractivity (Wildman–Crippen MR) is 143 cm³/mol. The third-order valence-corrected chi connectivity index (χ3v) is 8.69. The van der Waals surface area contributed by atoms with Crippen molar-refractivity contribution in [3.63, 3.8) is 0 Å².